The highest BCUT2D eigenvalue weighted by Crippen LogP contribution is 2.00. The molecule has 0 radical (unpaired) electrons. The Bertz CT molecular complexity index is 353. The summed E-state index contributed by atoms with van der Waals surface area (Å²) < 4.78 is 0. The molecular formula is C12H23N3O5. The van der Waals surface area contributed by atoms with Crippen molar-refractivity contribution in [1.82, 2.24) is 15.5 Å². The molecule has 0 bridgehead atoms. The number of carbonyl (C=O) groups excluding carboxylic acids is 2. The summed E-state index contributed by atoms with van der Waals surface area (Å²) in [5, 5.41) is 22.7. The minimum atomic E-state index is -2.02. The summed E-state index contributed by atoms with van der Waals surface area (Å²) in [4.78, 5) is 35.2. The monoisotopic (exact) mass is 289 g/mol. The van der Waals surface area contributed by atoms with Gasteiger partial charge in [0.1, 0.15) is 0 Å². The molecule has 0 fully saturated rings. The summed E-state index contributed by atoms with van der Waals surface area (Å²) in [5.41, 5.74) is -2.02. The number of amides is 3. The van der Waals surface area contributed by atoms with Crippen LogP contribution in [-0.2, 0) is 9.59 Å². The number of aliphatic hydroxyl groups is 1. The van der Waals surface area contributed by atoms with Crippen LogP contribution in [0.15, 0.2) is 0 Å². The van der Waals surface area contributed by atoms with Gasteiger partial charge in [0, 0.05) is 26.1 Å². The van der Waals surface area contributed by atoms with E-state index in [9.17, 15) is 19.5 Å². The third kappa shape index (κ3) is 6.37. The highest BCUT2D eigenvalue weighted by molar-refractivity contribution is 5.80. The predicted octanol–water partition coefficient (Wildman–Crippen LogP) is -0.620. The summed E-state index contributed by atoms with van der Waals surface area (Å²) in [5.74, 6) is -1.48. The summed E-state index contributed by atoms with van der Waals surface area (Å²) >= 11 is 0. The Kier molecular flexibility index (Phi) is 7.60. The van der Waals surface area contributed by atoms with E-state index in [1.165, 1.54) is 0 Å². The van der Waals surface area contributed by atoms with Crippen molar-refractivity contribution in [3.05, 3.63) is 0 Å². The second-order valence-corrected chi connectivity index (χ2v) is 4.50. The fourth-order valence-corrected chi connectivity index (χ4v) is 1.41. The van der Waals surface area contributed by atoms with Crippen LogP contribution in [0.4, 0.5) is 4.79 Å². The third-order valence-electron chi connectivity index (χ3n) is 2.79. The van der Waals surface area contributed by atoms with Crippen molar-refractivity contribution in [2.24, 2.45) is 0 Å². The maximum atomic E-state index is 11.6. The molecule has 0 aromatic carbocycles. The molecule has 1 unspecified atom stereocenters. The van der Waals surface area contributed by atoms with Crippen LogP contribution in [0.2, 0.25) is 0 Å². The number of nitrogens with one attached hydrogen (secondary N) is 2. The molecule has 0 aromatic heterocycles. The van der Waals surface area contributed by atoms with Gasteiger partial charge < -0.3 is 25.7 Å². The second kappa shape index (κ2) is 8.36. The number of carbonyl (C=O) groups is 3. The minimum Gasteiger partial charge on any atom is -0.479 e. The van der Waals surface area contributed by atoms with Gasteiger partial charge in [-0.1, -0.05) is 0 Å². The molecule has 4 N–H and O–H groups in total. The largest absolute Gasteiger partial charge is 0.479 e. The highest BCUT2D eigenvalue weighted by Gasteiger charge is 2.30. The van der Waals surface area contributed by atoms with Crippen LogP contribution in [0, 0.1) is 0 Å². The predicted molar refractivity (Wildman–Crippen MR) is 72.2 cm³/mol. The Labute approximate surface area is 118 Å². The first-order valence-electron chi connectivity index (χ1n) is 6.49. The molecule has 116 valence electrons. The van der Waals surface area contributed by atoms with Crippen LogP contribution in [0.3, 0.4) is 0 Å². The van der Waals surface area contributed by atoms with Crippen molar-refractivity contribution < 1.29 is 24.6 Å². The lowest BCUT2D eigenvalue weighted by molar-refractivity contribution is -0.155. The number of aliphatic carboxylic acids is 1. The first-order valence-corrected chi connectivity index (χ1v) is 6.49. The number of carboxylic acid groups (broad SMARTS) is 1. The summed E-state index contributed by atoms with van der Waals surface area (Å²) in [6.07, 6.45) is 0.171. The maximum absolute atomic E-state index is 11.6. The number of hydrogen-bond acceptors (Lipinski definition) is 4. The molecule has 0 heterocycles. The van der Waals surface area contributed by atoms with Gasteiger partial charge in [-0.25, -0.2) is 9.59 Å². The van der Waals surface area contributed by atoms with Crippen LogP contribution < -0.4 is 10.6 Å². The van der Waals surface area contributed by atoms with Gasteiger partial charge in [-0.3, -0.25) is 4.79 Å². The van der Waals surface area contributed by atoms with E-state index in [1.807, 2.05) is 13.8 Å². The average Bonchev–Trinajstić information content (AvgIpc) is 2.37. The summed E-state index contributed by atoms with van der Waals surface area (Å²) in [6.45, 7) is 5.78. The van der Waals surface area contributed by atoms with Crippen molar-refractivity contribution in [3.63, 3.8) is 0 Å². The molecule has 3 amide bonds. The molecule has 8 heteroatoms. The zero-order valence-electron chi connectivity index (χ0n) is 12.1. The summed E-state index contributed by atoms with van der Waals surface area (Å²) in [6, 6.07) is -0.626. The molecular weight excluding hydrogens is 266 g/mol. The molecule has 0 aliphatic carbocycles. The molecule has 0 aliphatic rings. The van der Waals surface area contributed by atoms with E-state index in [4.69, 9.17) is 5.11 Å². The quantitative estimate of drug-likeness (QED) is 0.475. The van der Waals surface area contributed by atoms with Gasteiger partial charge in [0.05, 0.1) is 6.54 Å². The van der Waals surface area contributed by atoms with Gasteiger partial charge in [-0.15, -0.1) is 0 Å². The Morgan fingerprint density at radius 3 is 2.15 bits per heavy atom. The normalized spacial score (nSPS) is 13.2. The maximum Gasteiger partial charge on any atom is 0.337 e. The van der Waals surface area contributed by atoms with Gasteiger partial charge in [-0.2, -0.15) is 0 Å². The van der Waals surface area contributed by atoms with E-state index >= 15 is 0 Å². The van der Waals surface area contributed by atoms with Crippen LogP contribution in [-0.4, -0.2) is 64.8 Å². The van der Waals surface area contributed by atoms with Crippen molar-refractivity contribution in [2.45, 2.75) is 32.8 Å². The fraction of sp³-hybridized carbons (Fsp3) is 0.750. The van der Waals surface area contributed by atoms with Gasteiger partial charge in [0.2, 0.25) is 5.91 Å². The molecule has 20 heavy (non-hydrogen) atoms. The molecule has 8 nitrogen and oxygen atoms in total. The fourth-order valence-electron chi connectivity index (χ4n) is 1.41. The molecule has 0 aliphatic heterocycles. The van der Waals surface area contributed by atoms with Crippen LogP contribution in [0.5, 0.6) is 0 Å². The number of hydrogen-bond donors (Lipinski definition) is 4. The Morgan fingerprint density at radius 2 is 1.70 bits per heavy atom. The van der Waals surface area contributed by atoms with Gasteiger partial charge in [0.25, 0.3) is 0 Å². The van der Waals surface area contributed by atoms with E-state index in [-0.39, 0.29) is 18.9 Å². The first kappa shape index (κ1) is 18.2. The smallest absolute Gasteiger partial charge is 0.337 e. The van der Waals surface area contributed by atoms with Gasteiger partial charge in [0.15, 0.2) is 5.60 Å². The lowest BCUT2D eigenvalue weighted by atomic mass is 10.1. The third-order valence-corrected chi connectivity index (χ3v) is 2.79. The number of rotatable bonds is 8. The lowest BCUT2D eigenvalue weighted by Crippen LogP contribution is -2.49. The van der Waals surface area contributed by atoms with E-state index in [2.05, 4.69) is 10.6 Å². The molecule has 0 aromatic rings. The average molecular weight is 289 g/mol. The van der Waals surface area contributed by atoms with E-state index in [0.717, 1.165) is 6.92 Å². The van der Waals surface area contributed by atoms with Crippen molar-refractivity contribution in [2.75, 3.05) is 26.2 Å². The minimum absolute atomic E-state index is 0.0622. The van der Waals surface area contributed by atoms with Crippen molar-refractivity contribution in [3.8, 4) is 0 Å². The Hall–Kier alpha value is -1.83. The first-order chi connectivity index (χ1) is 9.24. The Morgan fingerprint density at radius 1 is 1.15 bits per heavy atom. The Balaban J connectivity index is 3.96. The molecule has 0 rings (SSSR count). The zero-order chi connectivity index (χ0) is 15.8. The molecule has 1 atom stereocenters. The number of carboxylic acids is 1. The van der Waals surface area contributed by atoms with Crippen LogP contribution >= 0.6 is 0 Å². The SMILES string of the molecule is CCN(CC)C(=O)CCNC(=O)NCC(C)(O)C(=O)O. The number of urea groups is 1. The van der Waals surface area contributed by atoms with Crippen molar-refractivity contribution >= 4 is 17.9 Å². The molecule has 0 saturated carbocycles. The number of nitrogens with zero attached hydrogens (tertiary/aromatic N) is 1. The second-order valence-electron chi connectivity index (χ2n) is 4.50. The van der Waals surface area contributed by atoms with E-state index in [1.54, 1.807) is 4.90 Å². The highest BCUT2D eigenvalue weighted by atomic mass is 16.4. The van der Waals surface area contributed by atoms with Gasteiger partial charge >= 0.3 is 12.0 Å². The molecule has 0 saturated heterocycles. The lowest BCUT2D eigenvalue weighted by Gasteiger charge is -2.20. The zero-order valence-corrected chi connectivity index (χ0v) is 12.1. The van der Waals surface area contributed by atoms with Crippen LogP contribution in [0.25, 0.3) is 0 Å². The van der Waals surface area contributed by atoms with E-state index in [0.29, 0.717) is 13.1 Å². The standard InChI is InChI=1S/C12H23N3O5/c1-4-15(5-2)9(16)6-7-13-11(19)14-8-12(3,20)10(17)18/h20H,4-8H2,1-3H3,(H,17,18)(H2,13,14,19). The topological polar surface area (TPSA) is 119 Å². The van der Waals surface area contributed by atoms with Crippen molar-refractivity contribution in [1.29, 1.82) is 0 Å². The van der Waals surface area contributed by atoms with Crippen LogP contribution in [0.1, 0.15) is 27.2 Å². The van der Waals surface area contributed by atoms with E-state index < -0.39 is 24.1 Å². The molecule has 0 spiro atoms. The van der Waals surface area contributed by atoms with Gasteiger partial charge in [-0.05, 0) is 20.8 Å². The summed E-state index contributed by atoms with van der Waals surface area (Å²) in [7, 11) is 0.